The summed E-state index contributed by atoms with van der Waals surface area (Å²) in [6.45, 7) is 16.8. The highest BCUT2D eigenvalue weighted by Gasteiger charge is 2.19. The molecular formula is C12H28O. The quantitative estimate of drug-likeness (QED) is 0.592. The minimum absolute atomic E-state index is 0.0156. The molecule has 0 atom stereocenters. The minimum atomic E-state index is -0.0156. The van der Waals surface area contributed by atoms with Crippen LogP contribution in [0.25, 0.3) is 0 Å². The number of rotatable bonds is 1. The Kier molecular flexibility index (Phi) is 7.62. The van der Waals surface area contributed by atoms with Gasteiger partial charge in [0.05, 0.1) is 11.2 Å². The van der Waals surface area contributed by atoms with Crippen LogP contribution in [0.5, 0.6) is 0 Å². The van der Waals surface area contributed by atoms with Gasteiger partial charge in [0.15, 0.2) is 0 Å². The van der Waals surface area contributed by atoms with Crippen LogP contribution in [0, 0.1) is 0 Å². The zero-order valence-electron chi connectivity index (χ0n) is 10.8. The fraction of sp³-hybridized carbons (Fsp3) is 1.00. The summed E-state index contributed by atoms with van der Waals surface area (Å²) in [7, 11) is 0. The molecule has 0 aliphatic heterocycles. The van der Waals surface area contributed by atoms with Crippen molar-refractivity contribution in [2.24, 2.45) is 0 Å². The van der Waals surface area contributed by atoms with Gasteiger partial charge in [0, 0.05) is 0 Å². The van der Waals surface area contributed by atoms with E-state index in [0.717, 1.165) is 0 Å². The van der Waals surface area contributed by atoms with Crippen molar-refractivity contribution in [3.8, 4) is 0 Å². The second-order valence-corrected chi connectivity index (χ2v) is 5.33. The molecule has 0 aliphatic rings. The lowest BCUT2D eigenvalue weighted by molar-refractivity contribution is -0.102. The zero-order chi connectivity index (χ0) is 11.1. The SMILES string of the molecule is CC(C)(C)OC(C)(C)C.CCCC. The Morgan fingerprint density at radius 1 is 0.692 bits per heavy atom. The van der Waals surface area contributed by atoms with E-state index < -0.39 is 0 Å². The molecule has 0 N–H and O–H groups in total. The van der Waals surface area contributed by atoms with E-state index in [2.05, 4.69) is 55.4 Å². The number of unbranched alkanes of at least 4 members (excludes halogenated alkanes) is 1. The van der Waals surface area contributed by atoms with Gasteiger partial charge < -0.3 is 4.74 Å². The van der Waals surface area contributed by atoms with Crippen LogP contribution in [0.4, 0.5) is 0 Å². The molecule has 0 amide bonds. The molecule has 0 aromatic rings. The van der Waals surface area contributed by atoms with E-state index in [1.807, 2.05) is 0 Å². The molecule has 13 heavy (non-hydrogen) atoms. The van der Waals surface area contributed by atoms with Crippen LogP contribution in [0.3, 0.4) is 0 Å². The zero-order valence-corrected chi connectivity index (χ0v) is 10.8. The van der Waals surface area contributed by atoms with E-state index in [4.69, 9.17) is 4.74 Å². The molecular weight excluding hydrogens is 160 g/mol. The van der Waals surface area contributed by atoms with Crippen LogP contribution in [0.2, 0.25) is 0 Å². The number of hydrogen-bond donors (Lipinski definition) is 0. The van der Waals surface area contributed by atoms with Gasteiger partial charge in [0.2, 0.25) is 0 Å². The normalized spacial score (nSPS) is 12.0. The van der Waals surface area contributed by atoms with Crippen LogP contribution in [-0.2, 0) is 4.74 Å². The number of ether oxygens (including phenoxy) is 1. The van der Waals surface area contributed by atoms with Crippen molar-refractivity contribution in [2.75, 3.05) is 0 Å². The standard InChI is InChI=1S/C8H18O.C4H10/c1-7(2,3)9-8(4,5)6;1-3-4-2/h1-6H3;3-4H2,1-2H3. The van der Waals surface area contributed by atoms with Gasteiger partial charge in [-0.3, -0.25) is 0 Å². The van der Waals surface area contributed by atoms with E-state index in [1.54, 1.807) is 0 Å². The first-order valence-corrected chi connectivity index (χ1v) is 5.32. The topological polar surface area (TPSA) is 9.23 Å². The Morgan fingerprint density at radius 3 is 0.923 bits per heavy atom. The molecule has 82 valence electrons. The Bertz CT molecular complexity index is 89.3. The Hall–Kier alpha value is -0.0400. The molecule has 0 fully saturated rings. The van der Waals surface area contributed by atoms with Crippen LogP contribution in [-0.4, -0.2) is 11.2 Å². The summed E-state index contributed by atoms with van der Waals surface area (Å²) < 4.78 is 5.62. The van der Waals surface area contributed by atoms with Gasteiger partial charge in [0.1, 0.15) is 0 Å². The fourth-order valence-corrected chi connectivity index (χ4v) is 0.919. The van der Waals surface area contributed by atoms with Crippen molar-refractivity contribution < 1.29 is 4.74 Å². The van der Waals surface area contributed by atoms with Crippen molar-refractivity contribution in [3.63, 3.8) is 0 Å². The van der Waals surface area contributed by atoms with E-state index in [1.165, 1.54) is 12.8 Å². The summed E-state index contributed by atoms with van der Waals surface area (Å²) in [5.41, 5.74) is -0.0312. The molecule has 0 rings (SSSR count). The van der Waals surface area contributed by atoms with Crippen LogP contribution >= 0.6 is 0 Å². The first-order valence-electron chi connectivity index (χ1n) is 5.32. The van der Waals surface area contributed by atoms with Gasteiger partial charge in [-0.05, 0) is 41.5 Å². The van der Waals surface area contributed by atoms with Crippen LogP contribution in [0.1, 0.15) is 68.2 Å². The smallest absolute Gasteiger partial charge is 0.0605 e. The van der Waals surface area contributed by atoms with Crippen LogP contribution < -0.4 is 0 Å². The third-order valence-corrected chi connectivity index (χ3v) is 1.11. The summed E-state index contributed by atoms with van der Waals surface area (Å²) in [4.78, 5) is 0. The van der Waals surface area contributed by atoms with Gasteiger partial charge in [0.25, 0.3) is 0 Å². The summed E-state index contributed by atoms with van der Waals surface area (Å²) in [5.74, 6) is 0. The van der Waals surface area contributed by atoms with E-state index >= 15 is 0 Å². The lowest BCUT2D eigenvalue weighted by atomic mass is 10.1. The summed E-state index contributed by atoms with van der Waals surface area (Å²) >= 11 is 0. The van der Waals surface area contributed by atoms with Crippen molar-refractivity contribution >= 4 is 0 Å². The average Bonchev–Trinajstić information content (AvgIpc) is 1.80. The lowest BCUT2D eigenvalue weighted by Crippen LogP contribution is -2.31. The largest absolute Gasteiger partial charge is 0.370 e. The lowest BCUT2D eigenvalue weighted by Gasteiger charge is -2.30. The van der Waals surface area contributed by atoms with Gasteiger partial charge in [-0.25, -0.2) is 0 Å². The molecule has 0 aliphatic carbocycles. The molecule has 1 nitrogen and oxygen atoms in total. The minimum Gasteiger partial charge on any atom is -0.370 e. The molecule has 0 saturated heterocycles. The van der Waals surface area contributed by atoms with Crippen LogP contribution in [0.15, 0.2) is 0 Å². The molecule has 0 saturated carbocycles. The van der Waals surface area contributed by atoms with E-state index in [0.29, 0.717) is 0 Å². The predicted octanol–water partition coefficient (Wildman–Crippen LogP) is 4.41. The second kappa shape index (κ2) is 6.42. The molecule has 0 heterocycles. The molecule has 0 radical (unpaired) electrons. The van der Waals surface area contributed by atoms with Gasteiger partial charge >= 0.3 is 0 Å². The summed E-state index contributed by atoms with van der Waals surface area (Å²) in [6.07, 6.45) is 2.64. The predicted molar refractivity (Wildman–Crippen MR) is 61.2 cm³/mol. The summed E-state index contributed by atoms with van der Waals surface area (Å²) in [6, 6.07) is 0. The molecule has 0 bridgehead atoms. The molecule has 0 unspecified atom stereocenters. The Morgan fingerprint density at radius 2 is 0.923 bits per heavy atom. The fourth-order valence-electron chi connectivity index (χ4n) is 0.919. The molecule has 1 heteroatoms. The monoisotopic (exact) mass is 188 g/mol. The van der Waals surface area contributed by atoms with Crippen molar-refractivity contribution in [1.29, 1.82) is 0 Å². The maximum absolute atomic E-state index is 5.62. The third-order valence-electron chi connectivity index (χ3n) is 1.11. The molecule has 0 aromatic heterocycles. The highest BCUT2D eigenvalue weighted by Crippen LogP contribution is 2.17. The van der Waals surface area contributed by atoms with Crippen molar-refractivity contribution in [1.82, 2.24) is 0 Å². The average molecular weight is 188 g/mol. The Balaban J connectivity index is 0. The maximum atomic E-state index is 5.62. The van der Waals surface area contributed by atoms with E-state index in [-0.39, 0.29) is 11.2 Å². The van der Waals surface area contributed by atoms with Gasteiger partial charge in [-0.15, -0.1) is 0 Å². The molecule has 0 aromatic carbocycles. The first kappa shape index (κ1) is 15.4. The number of hydrogen-bond acceptors (Lipinski definition) is 1. The second-order valence-electron chi connectivity index (χ2n) is 5.33. The first-order chi connectivity index (χ1) is 5.62. The Labute approximate surface area is 84.9 Å². The van der Waals surface area contributed by atoms with Gasteiger partial charge in [-0.2, -0.15) is 0 Å². The highest BCUT2D eigenvalue weighted by atomic mass is 16.5. The van der Waals surface area contributed by atoms with Gasteiger partial charge in [-0.1, -0.05) is 26.7 Å². The van der Waals surface area contributed by atoms with E-state index in [9.17, 15) is 0 Å². The maximum Gasteiger partial charge on any atom is 0.0605 e. The third kappa shape index (κ3) is 24.5. The highest BCUT2D eigenvalue weighted by molar-refractivity contribution is 4.68. The summed E-state index contributed by atoms with van der Waals surface area (Å²) in [5, 5.41) is 0. The molecule has 0 spiro atoms. The van der Waals surface area contributed by atoms with Crippen molar-refractivity contribution in [2.45, 2.75) is 79.4 Å². The van der Waals surface area contributed by atoms with Crippen molar-refractivity contribution in [3.05, 3.63) is 0 Å².